The van der Waals surface area contributed by atoms with E-state index in [-0.39, 0.29) is 14.1 Å². The maximum Gasteiger partial charge on any atom is 0.625 e. The fourth-order valence-corrected chi connectivity index (χ4v) is 5.55. The first kappa shape index (κ1) is 7.21. The Morgan fingerprint density at radius 3 is 2.67 bits per heavy atom. The van der Waals surface area contributed by atoms with E-state index in [9.17, 15) is 13.9 Å². The molecule has 1 aliphatic rings. The van der Waals surface area contributed by atoms with Gasteiger partial charge in [-0.25, -0.2) is 9.32 Å². The fourth-order valence-electron chi connectivity index (χ4n) is 0.385. The third kappa shape index (κ3) is 2.06. The second-order valence-corrected chi connectivity index (χ2v) is 8.32. The fraction of sp³-hybridized carbons (Fsp3) is 0.500. The van der Waals surface area contributed by atoms with Crippen molar-refractivity contribution in [2.24, 2.45) is 0 Å². The number of hydrogen-bond donors (Lipinski definition) is 0. The largest absolute Gasteiger partial charge is 0.625 e. The SMILES string of the molecule is O=C1C[P+](=O)P[P+](=O)O1. The summed E-state index contributed by atoms with van der Waals surface area (Å²) in [6.07, 6.45) is -0.0607. The van der Waals surface area contributed by atoms with Gasteiger partial charge in [-0.2, -0.15) is 0 Å². The van der Waals surface area contributed by atoms with Crippen LogP contribution in [0.3, 0.4) is 0 Å². The Kier molecular flexibility index (Phi) is 2.23. The van der Waals surface area contributed by atoms with Gasteiger partial charge in [0.05, 0.1) is 0 Å². The third-order valence-corrected chi connectivity index (χ3v) is 7.34. The molecule has 1 aliphatic heterocycles. The van der Waals surface area contributed by atoms with Gasteiger partial charge in [-0.15, -0.1) is 0 Å². The quantitative estimate of drug-likeness (QED) is 0.536. The molecular formula is C2H3O4P3+2. The van der Waals surface area contributed by atoms with E-state index < -0.39 is 21.2 Å². The molecule has 0 spiro atoms. The molecule has 1 heterocycles. The van der Waals surface area contributed by atoms with Gasteiger partial charge < -0.3 is 0 Å². The minimum atomic E-state index is -1.93. The van der Waals surface area contributed by atoms with Crippen LogP contribution in [-0.4, -0.2) is 12.1 Å². The lowest BCUT2D eigenvalue weighted by molar-refractivity contribution is -0.130. The molecule has 7 heteroatoms. The van der Waals surface area contributed by atoms with E-state index in [1.54, 1.807) is 0 Å². The van der Waals surface area contributed by atoms with E-state index in [0.717, 1.165) is 0 Å². The zero-order chi connectivity index (χ0) is 6.85. The van der Waals surface area contributed by atoms with E-state index in [2.05, 4.69) is 4.52 Å². The smallest absolute Gasteiger partial charge is 0.242 e. The van der Waals surface area contributed by atoms with Crippen molar-refractivity contribution in [3.05, 3.63) is 0 Å². The highest BCUT2D eigenvalue weighted by Gasteiger charge is 2.47. The van der Waals surface area contributed by atoms with Crippen molar-refractivity contribution in [2.75, 3.05) is 6.16 Å². The second-order valence-electron chi connectivity index (χ2n) is 1.36. The van der Waals surface area contributed by atoms with Gasteiger partial charge in [-0.1, -0.05) is 4.57 Å². The Morgan fingerprint density at radius 1 is 1.56 bits per heavy atom. The van der Waals surface area contributed by atoms with Crippen LogP contribution < -0.4 is 0 Å². The van der Waals surface area contributed by atoms with Crippen molar-refractivity contribution in [3.63, 3.8) is 0 Å². The predicted molar refractivity (Wildman–Crippen MR) is 34.5 cm³/mol. The zero-order valence-electron chi connectivity index (χ0n) is 4.23. The Hall–Kier alpha value is 0.1000. The normalized spacial score (nSPS) is 30.4. The number of hydrogen-bond acceptors (Lipinski definition) is 4. The van der Waals surface area contributed by atoms with Gasteiger partial charge in [-0.3, -0.25) is 0 Å². The number of carbonyl (C=O) groups is 1. The second kappa shape index (κ2) is 2.79. The Labute approximate surface area is 54.6 Å². The first-order valence-electron chi connectivity index (χ1n) is 2.07. The topological polar surface area (TPSA) is 60.4 Å². The van der Waals surface area contributed by atoms with Crippen molar-refractivity contribution in [2.45, 2.75) is 0 Å². The van der Waals surface area contributed by atoms with Gasteiger partial charge in [-0.05, 0) is 4.57 Å². The van der Waals surface area contributed by atoms with E-state index >= 15 is 0 Å². The molecule has 0 aromatic rings. The van der Waals surface area contributed by atoms with E-state index in [0.29, 0.717) is 0 Å². The van der Waals surface area contributed by atoms with E-state index in [4.69, 9.17) is 0 Å². The van der Waals surface area contributed by atoms with Gasteiger partial charge in [0.2, 0.25) is 0 Å². The molecule has 0 saturated carbocycles. The summed E-state index contributed by atoms with van der Waals surface area (Å²) in [5, 5.41) is 0. The minimum Gasteiger partial charge on any atom is -0.242 e. The van der Waals surface area contributed by atoms with Crippen molar-refractivity contribution < 1.29 is 18.4 Å². The lowest BCUT2D eigenvalue weighted by atomic mass is 10.8. The van der Waals surface area contributed by atoms with Crippen LogP contribution in [-0.2, 0) is 18.4 Å². The molecule has 3 unspecified atom stereocenters. The molecule has 0 aromatic carbocycles. The van der Waals surface area contributed by atoms with Gasteiger partial charge >= 0.3 is 29.1 Å². The monoisotopic (exact) mass is 184 g/mol. The summed E-state index contributed by atoms with van der Waals surface area (Å²) < 4.78 is 25.2. The number of rotatable bonds is 0. The van der Waals surface area contributed by atoms with Gasteiger partial charge in [0.15, 0.2) is 0 Å². The lowest BCUT2D eigenvalue weighted by Gasteiger charge is -1.85. The average molecular weight is 184 g/mol. The molecule has 0 aromatic heterocycles. The van der Waals surface area contributed by atoms with Crippen LogP contribution >= 0.6 is 23.2 Å². The van der Waals surface area contributed by atoms with Gasteiger partial charge in [0, 0.05) is 0 Å². The summed E-state index contributed by atoms with van der Waals surface area (Å²) in [5.41, 5.74) is 0. The van der Waals surface area contributed by atoms with Crippen LogP contribution in [0.1, 0.15) is 0 Å². The maximum atomic E-state index is 10.6. The van der Waals surface area contributed by atoms with Crippen LogP contribution in [0.4, 0.5) is 0 Å². The molecule has 0 N–H and O–H groups in total. The molecule has 4 nitrogen and oxygen atoms in total. The van der Waals surface area contributed by atoms with Crippen LogP contribution in [0.2, 0.25) is 0 Å². The molecule has 1 saturated heterocycles. The van der Waals surface area contributed by atoms with Gasteiger partial charge in [0.1, 0.15) is 0 Å². The molecule has 1 fully saturated rings. The highest BCUT2D eigenvalue weighted by atomic mass is 32.4. The molecule has 48 valence electrons. The molecule has 0 bridgehead atoms. The summed E-state index contributed by atoms with van der Waals surface area (Å²) in [4.78, 5) is 10.3. The van der Waals surface area contributed by atoms with Crippen LogP contribution in [0.25, 0.3) is 0 Å². The van der Waals surface area contributed by atoms with Crippen molar-refractivity contribution in [1.29, 1.82) is 0 Å². The third-order valence-electron chi connectivity index (χ3n) is 0.651. The Balaban J connectivity index is 2.64. The number of carbonyl (C=O) groups excluding carboxylic acids is 1. The molecule has 3 atom stereocenters. The van der Waals surface area contributed by atoms with Crippen molar-refractivity contribution in [1.82, 2.24) is 0 Å². The van der Waals surface area contributed by atoms with Crippen molar-refractivity contribution >= 4 is 29.1 Å². The average Bonchev–Trinajstić information content (AvgIpc) is 1.59. The Morgan fingerprint density at radius 2 is 2.22 bits per heavy atom. The van der Waals surface area contributed by atoms with Crippen LogP contribution in [0, 0.1) is 0 Å². The lowest BCUT2D eigenvalue weighted by Crippen LogP contribution is -2.02. The summed E-state index contributed by atoms with van der Waals surface area (Å²) >= 11 is 0. The summed E-state index contributed by atoms with van der Waals surface area (Å²) in [6, 6.07) is 0. The standard InChI is InChI=1S/C2H3O4P3/c3-2-1-8(4)7-9(5)6-2/h7H,1H2/q+2. The highest BCUT2D eigenvalue weighted by molar-refractivity contribution is 8.46. The maximum absolute atomic E-state index is 10.6. The highest BCUT2D eigenvalue weighted by Crippen LogP contribution is 2.65. The molecule has 0 amide bonds. The molecule has 0 aliphatic carbocycles. The Bertz CT molecular complexity index is 141. The first-order chi connectivity index (χ1) is 4.18. The molecular weight excluding hydrogens is 181 g/mol. The van der Waals surface area contributed by atoms with Crippen LogP contribution in [0.15, 0.2) is 0 Å². The molecule has 9 heavy (non-hydrogen) atoms. The van der Waals surface area contributed by atoms with Crippen molar-refractivity contribution in [3.8, 4) is 0 Å². The summed E-state index contributed by atoms with van der Waals surface area (Å²) in [6.45, 7) is 0. The molecule has 0 radical (unpaired) electrons. The van der Waals surface area contributed by atoms with Crippen LogP contribution in [0.5, 0.6) is 0 Å². The first-order valence-corrected chi connectivity index (χ1v) is 7.38. The summed E-state index contributed by atoms with van der Waals surface area (Å²) in [5.74, 6) is -0.601. The summed E-state index contributed by atoms with van der Waals surface area (Å²) in [7, 11) is -3.67. The van der Waals surface area contributed by atoms with E-state index in [1.807, 2.05) is 0 Å². The molecule has 1 rings (SSSR count). The van der Waals surface area contributed by atoms with E-state index in [1.165, 1.54) is 0 Å². The zero-order valence-corrected chi connectivity index (χ0v) is 7.02. The van der Waals surface area contributed by atoms with Gasteiger partial charge in [0.25, 0.3) is 6.16 Å². The minimum absolute atomic E-state index is 0.0607. The predicted octanol–water partition coefficient (Wildman–Crippen LogP) is 1.62.